The first-order chi connectivity index (χ1) is 7.81. The summed E-state index contributed by atoms with van der Waals surface area (Å²) in [5, 5.41) is 2.43. The first-order valence-corrected chi connectivity index (χ1v) is 6.14. The van der Waals surface area contributed by atoms with E-state index in [9.17, 15) is 0 Å². The van der Waals surface area contributed by atoms with Crippen molar-refractivity contribution in [3.05, 3.63) is 46.8 Å². The molecule has 0 spiro atoms. The lowest BCUT2D eigenvalue weighted by Crippen LogP contribution is -1.91. The number of benzene rings is 1. The van der Waals surface area contributed by atoms with Crippen molar-refractivity contribution >= 4 is 32.3 Å². The van der Waals surface area contributed by atoms with E-state index in [0.717, 1.165) is 16.7 Å². The molecule has 0 fully saturated rings. The second-order valence-corrected chi connectivity index (χ2v) is 4.55. The number of halogens is 1. The molecule has 0 saturated carbocycles. The van der Waals surface area contributed by atoms with Crippen molar-refractivity contribution in [1.29, 1.82) is 0 Å². The zero-order chi connectivity index (χ0) is 11.1. The highest BCUT2D eigenvalue weighted by atomic mass is 79.9. The Bertz CT molecular complexity index is 670. The molecule has 0 aliphatic rings. The summed E-state index contributed by atoms with van der Waals surface area (Å²) >= 11 is 3.52. The molecule has 0 atom stereocenters. The third-order valence-corrected chi connectivity index (χ3v) is 3.54. The first-order valence-electron chi connectivity index (χ1n) is 5.35. The van der Waals surface area contributed by atoms with E-state index in [-0.39, 0.29) is 0 Å². The molecular weight excluding hydrogens is 264 g/mol. The quantitative estimate of drug-likeness (QED) is 0.660. The molecular formula is C13H11BrN2. The molecule has 2 heterocycles. The van der Waals surface area contributed by atoms with Crippen LogP contribution < -0.4 is 0 Å². The number of hydrogen-bond acceptors (Lipinski definition) is 1. The molecule has 0 aliphatic carbocycles. The number of fused-ring (bicyclic) bond motifs is 3. The second-order valence-electron chi connectivity index (χ2n) is 3.80. The highest BCUT2D eigenvalue weighted by Crippen LogP contribution is 2.24. The third-order valence-electron chi connectivity index (χ3n) is 2.90. The molecule has 80 valence electrons. The van der Waals surface area contributed by atoms with E-state index in [2.05, 4.69) is 68.8 Å². The van der Waals surface area contributed by atoms with Gasteiger partial charge in [0, 0.05) is 11.6 Å². The SMILES string of the molecule is CCc1c(Br)nc2c3ccccc3ccn12. The number of rotatable bonds is 1. The van der Waals surface area contributed by atoms with Gasteiger partial charge in [0.05, 0.1) is 5.69 Å². The predicted octanol–water partition coefficient (Wildman–Crippen LogP) is 3.81. The summed E-state index contributed by atoms with van der Waals surface area (Å²) < 4.78 is 3.11. The van der Waals surface area contributed by atoms with Crippen molar-refractivity contribution < 1.29 is 0 Å². The summed E-state index contributed by atoms with van der Waals surface area (Å²) in [5.41, 5.74) is 2.25. The van der Waals surface area contributed by atoms with E-state index in [4.69, 9.17) is 0 Å². The minimum atomic E-state index is 0.950. The van der Waals surface area contributed by atoms with Gasteiger partial charge in [-0.15, -0.1) is 0 Å². The molecule has 2 nitrogen and oxygen atoms in total. The smallest absolute Gasteiger partial charge is 0.146 e. The van der Waals surface area contributed by atoms with Crippen molar-refractivity contribution in [2.45, 2.75) is 13.3 Å². The van der Waals surface area contributed by atoms with Crippen molar-refractivity contribution in [1.82, 2.24) is 9.38 Å². The number of nitrogens with zero attached hydrogens (tertiary/aromatic N) is 2. The minimum absolute atomic E-state index is 0.950. The lowest BCUT2D eigenvalue weighted by atomic mass is 10.2. The van der Waals surface area contributed by atoms with Gasteiger partial charge in [-0.1, -0.05) is 31.2 Å². The van der Waals surface area contributed by atoms with Gasteiger partial charge in [-0.2, -0.15) is 0 Å². The number of pyridine rings is 1. The largest absolute Gasteiger partial charge is 0.302 e. The van der Waals surface area contributed by atoms with Crippen LogP contribution in [-0.2, 0) is 6.42 Å². The zero-order valence-electron chi connectivity index (χ0n) is 8.94. The van der Waals surface area contributed by atoms with Gasteiger partial charge in [-0.05, 0) is 33.8 Å². The Hall–Kier alpha value is -1.35. The Morgan fingerprint density at radius 2 is 2.06 bits per heavy atom. The molecule has 2 aromatic heterocycles. The fourth-order valence-electron chi connectivity index (χ4n) is 2.11. The minimum Gasteiger partial charge on any atom is -0.302 e. The summed E-state index contributed by atoms with van der Waals surface area (Å²) in [6.07, 6.45) is 3.06. The molecule has 1 aromatic carbocycles. The molecule has 0 unspecified atom stereocenters. The number of hydrogen-bond donors (Lipinski definition) is 0. The lowest BCUT2D eigenvalue weighted by molar-refractivity contribution is 0.990. The normalized spacial score (nSPS) is 11.4. The van der Waals surface area contributed by atoms with Gasteiger partial charge in [0.15, 0.2) is 0 Å². The van der Waals surface area contributed by atoms with E-state index in [1.54, 1.807) is 0 Å². The zero-order valence-corrected chi connectivity index (χ0v) is 10.5. The van der Waals surface area contributed by atoms with Crippen molar-refractivity contribution in [3.63, 3.8) is 0 Å². The van der Waals surface area contributed by atoms with Crippen LogP contribution in [0.2, 0.25) is 0 Å². The molecule has 0 bridgehead atoms. The maximum absolute atomic E-state index is 4.59. The summed E-state index contributed by atoms with van der Waals surface area (Å²) in [4.78, 5) is 4.59. The first kappa shape index (κ1) is 9.85. The summed E-state index contributed by atoms with van der Waals surface area (Å²) in [6.45, 7) is 2.14. The Kier molecular flexibility index (Phi) is 2.21. The molecule has 0 radical (unpaired) electrons. The topological polar surface area (TPSA) is 17.3 Å². The maximum Gasteiger partial charge on any atom is 0.146 e. The van der Waals surface area contributed by atoms with Crippen LogP contribution in [0.5, 0.6) is 0 Å². The average molecular weight is 275 g/mol. The Morgan fingerprint density at radius 1 is 1.25 bits per heavy atom. The van der Waals surface area contributed by atoms with E-state index < -0.39 is 0 Å². The monoisotopic (exact) mass is 274 g/mol. The Labute approximate surface area is 102 Å². The van der Waals surface area contributed by atoms with Crippen LogP contribution in [0.1, 0.15) is 12.6 Å². The van der Waals surface area contributed by atoms with Gasteiger partial charge in [0.25, 0.3) is 0 Å². The van der Waals surface area contributed by atoms with Gasteiger partial charge in [-0.3, -0.25) is 0 Å². The lowest BCUT2D eigenvalue weighted by Gasteiger charge is -2.02. The molecule has 0 amide bonds. The summed E-state index contributed by atoms with van der Waals surface area (Å²) in [7, 11) is 0. The fraction of sp³-hybridized carbons (Fsp3) is 0.154. The van der Waals surface area contributed by atoms with Crippen LogP contribution in [-0.4, -0.2) is 9.38 Å². The average Bonchev–Trinajstić information content (AvgIpc) is 2.65. The van der Waals surface area contributed by atoms with Crippen LogP contribution in [0.15, 0.2) is 41.1 Å². The van der Waals surface area contributed by atoms with Gasteiger partial charge in [0.1, 0.15) is 10.3 Å². The van der Waals surface area contributed by atoms with E-state index in [1.807, 2.05) is 0 Å². The van der Waals surface area contributed by atoms with Crippen molar-refractivity contribution in [2.24, 2.45) is 0 Å². The van der Waals surface area contributed by atoms with Gasteiger partial charge in [-0.25, -0.2) is 4.98 Å². The van der Waals surface area contributed by atoms with E-state index >= 15 is 0 Å². The van der Waals surface area contributed by atoms with Crippen LogP contribution >= 0.6 is 15.9 Å². The van der Waals surface area contributed by atoms with Gasteiger partial charge >= 0.3 is 0 Å². The third kappa shape index (κ3) is 1.28. The maximum atomic E-state index is 4.59. The Morgan fingerprint density at radius 3 is 2.88 bits per heavy atom. The van der Waals surface area contributed by atoms with Gasteiger partial charge in [0.2, 0.25) is 0 Å². The molecule has 3 aromatic rings. The van der Waals surface area contributed by atoms with E-state index in [1.165, 1.54) is 16.5 Å². The highest BCUT2D eigenvalue weighted by Gasteiger charge is 2.09. The molecule has 3 heteroatoms. The van der Waals surface area contributed by atoms with Gasteiger partial charge < -0.3 is 4.40 Å². The van der Waals surface area contributed by atoms with Crippen molar-refractivity contribution in [3.8, 4) is 0 Å². The van der Waals surface area contributed by atoms with Crippen LogP contribution in [0.3, 0.4) is 0 Å². The fourth-order valence-corrected chi connectivity index (χ4v) is 2.75. The van der Waals surface area contributed by atoms with Crippen molar-refractivity contribution in [2.75, 3.05) is 0 Å². The Balaban J connectivity index is 2.52. The number of aromatic nitrogens is 2. The van der Waals surface area contributed by atoms with E-state index in [0.29, 0.717) is 0 Å². The molecule has 0 saturated heterocycles. The standard InChI is InChI=1S/C13H11BrN2/c1-2-11-12(14)15-13-10-6-4-3-5-9(10)7-8-16(11)13/h3-8H,2H2,1H3. The molecule has 3 rings (SSSR count). The molecule has 0 aliphatic heterocycles. The van der Waals surface area contributed by atoms with Crippen LogP contribution in [0, 0.1) is 0 Å². The number of aryl methyl sites for hydroxylation is 1. The predicted molar refractivity (Wildman–Crippen MR) is 69.8 cm³/mol. The summed E-state index contributed by atoms with van der Waals surface area (Å²) in [6, 6.07) is 10.5. The molecule has 16 heavy (non-hydrogen) atoms. The molecule has 0 N–H and O–H groups in total. The number of imidazole rings is 1. The van der Waals surface area contributed by atoms with Crippen LogP contribution in [0.25, 0.3) is 16.4 Å². The second kappa shape index (κ2) is 3.59. The van der Waals surface area contributed by atoms with Crippen LogP contribution in [0.4, 0.5) is 0 Å². The highest BCUT2D eigenvalue weighted by molar-refractivity contribution is 9.10. The summed E-state index contributed by atoms with van der Waals surface area (Å²) in [5.74, 6) is 0.